The molecule has 1 aliphatic rings. The molecule has 4 rings (SSSR count). The molecule has 0 aliphatic carbocycles. The van der Waals surface area contributed by atoms with Crippen LogP contribution in [0.2, 0.25) is 0 Å². The van der Waals surface area contributed by atoms with Gasteiger partial charge in [0, 0.05) is 25.0 Å². The van der Waals surface area contributed by atoms with Crippen LogP contribution < -0.4 is 19.1 Å². The number of imidazole rings is 1. The molecule has 0 atom stereocenters. The fourth-order valence-electron chi connectivity index (χ4n) is 3.50. The summed E-state index contributed by atoms with van der Waals surface area (Å²) in [7, 11) is -3.71. The lowest BCUT2D eigenvalue weighted by molar-refractivity contribution is -0.119. The van der Waals surface area contributed by atoms with E-state index in [1.165, 1.54) is 0 Å². The summed E-state index contributed by atoms with van der Waals surface area (Å²) in [5.41, 5.74) is 2.11. The Labute approximate surface area is 186 Å². The topological polar surface area (TPSA) is 103 Å². The van der Waals surface area contributed by atoms with Gasteiger partial charge in [0.1, 0.15) is 25.6 Å². The first-order chi connectivity index (χ1) is 15.3. The maximum absolute atomic E-state index is 12.7. The van der Waals surface area contributed by atoms with Crippen molar-refractivity contribution in [3.63, 3.8) is 0 Å². The number of carbonyl (C=O) groups is 1. The van der Waals surface area contributed by atoms with Crippen LogP contribution in [0.4, 0.5) is 5.69 Å². The van der Waals surface area contributed by atoms with Crippen LogP contribution in [0.25, 0.3) is 5.69 Å². The molecule has 1 aromatic heterocycles. The number of aromatic nitrogens is 2. The summed E-state index contributed by atoms with van der Waals surface area (Å²) < 4.78 is 38.8. The van der Waals surface area contributed by atoms with Crippen LogP contribution in [0.15, 0.2) is 54.9 Å². The number of rotatable bonds is 7. The van der Waals surface area contributed by atoms with E-state index in [2.05, 4.69) is 10.3 Å². The molecular formula is C22H24N4O5S. The van der Waals surface area contributed by atoms with Crippen LogP contribution in [0, 0.1) is 6.92 Å². The zero-order valence-electron chi connectivity index (χ0n) is 17.8. The van der Waals surface area contributed by atoms with Gasteiger partial charge < -0.3 is 19.4 Å². The van der Waals surface area contributed by atoms with E-state index < -0.39 is 15.9 Å². The molecular weight excluding hydrogens is 432 g/mol. The maximum Gasteiger partial charge on any atom is 0.241 e. The Morgan fingerprint density at radius 2 is 1.91 bits per heavy atom. The van der Waals surface area contributed by atoms with Gasteiger partial charge in [-0.3, -0.25) is 9.10 Å². The number of amides is 1. The highest BCUT2D eigenvalue weighted by molar-refractivity contribution is 7.92. The minimum Gasteiger partial charge on any atom is -0.486 e. The van der Waals surface area contributed by atoms with Gasteiger partial charge in [0.15, 0.2) is 11.5 Å². The van der Waals surface area contributed by atoms with Crippen LogP contribution in [0.3, 0.4) is 0 Å². The molecule has 1 N–H and O–H groups in total. The SMILES string of the molecule is Cc1nccn1-c1ccccc1CNC(=O)CN(c1ccc2c(c1)OCCO2)S(C)(=O)=O. The van der Waals surface area contributed by atoms with Crippen LogP contribution in [0.5, 0.6) is 11.5 Å². The minimum atomic E-state index is -3.71. The number of hydrogen-bond acceptors (Lipinski definition) is 6. The highest BCUT2D eigenvalue weighted by Gasteiger charge is 2.23. The second kappa shape index (κ2) is 8.91. The number of hydrogen-bond donors (Lipinski definition) is 1. The van der Waals surface area contributed by atoms with Gasteiger partial charge in [-0.25, -0.2) is 13.4 Å². The molecule has 0 saturated carbocycles. The average molecular weight is 457 g/mol. The van der Waals surface area contributed by atoms with E-state index in [9.17, 15) is 13.2 Å². The Morgan fingerprint density at radius 3 is 2.62 bits per heavy atom. The third kappa shape index (κ3) is 4.70. The van der Waals surface area contributed by atoms with Crippen molar-refractivity contribution in [2.24, 2.45) is 0 Å². The molecule has 0 saturated heterocycles. The molecule has 0 spiro atoms. The first-order valence-corrected chi connectivity index (χ1v) is 11.9. The predicted octanol–water partition coefficient (Wildman–Crippen LogP) is 2.03. The van der Waals surface area contributed by atoms with Crippen molar-refractivity contribution in [1.29, 1.82) is 0 Å². The Hall–Kier alpha value is -3.53. The van der Waals surface area contributed by atoms with Crippen molar-refractivity contribution in [3.05, 3.63) is 66.2 Å². The summed E-state index contributed by atoms with van der Waals surface area (Å²) in [6, 6.07) is 12.4. The molecule has 9 nitrogen and oxygen atoms in total. The van der Waals surface area contributed by atoms with Crippen LogP contribution in [-0.2, 0) is 21.4 Å². The number of carbonyl (C=O) groups excluding carboxylic acids is 1. The van der Waals surface area contributed by atoms with Crippen molar-refractivity contribution >= 4 is 21.6 Å². The summed E-state index contributed by atoms with van der Waals surface area (Å²) in [6.45, 7) is 2.60. The van der Waals surface area contributed by atoms with E-state index in [1.807, 2.05) is 42.0 Å². The van der Waals surface area contributed by atoms with E-state index in [-0.39, 0.29) is 13.1 Å². The molecule has 0 unspecified atom stereocenters. The molecule has 2 heterocycles. The third-order valence-corrected chi connectivity index (χ3v) is 6.19. The first kappa shape index (κ1) is 21.7. The lowest BCUT2D eigenvalue weighted by atomic mass is 10.1. The van der Waals surface area contributed by atoms with Gasteiger partial charge in [-0.15, -0.1) is 0 Å². The predicted molar refractivity (Wildman–Crippen MR) is 120 cm³/mol. The van der Waals surface area contributed by atoms with E-state index in [0.717, 1.165) is 27.6 Å². The summed E-state index contributed by atoms with van der Waals surface area (Å²) >= 11 is 0. The Morgan fingerprint density at radius 1 is 1.16 bits per heavy atom. The maximum atomic E-state index is 12.7. The fourth-order valence-corrected chi connectivity index (χ4v) is 4.34. The highest BCUT2D eigenvalue weighted by Crippen LogP contribution is 2.34. The Bertz CT molecular complexity index is 1240. The molecule has 10 heteroatoms. The third-order valence-electron chi connectivity index (χ3n) is 5.05. The van der Waals surface area contributed by atoms with Crippen LogP contribution >= 0.6 is 0 Å². The van der Waals surface area contributed by atoms with Crippen molar-refractivity contribution in [2.45, 2.75) is 13.5 Å². The van der Waals surface area contributed by atoms with Crippen molar-refractivity contribution < 1.29 is 22.7 Å². The van der Waals surface area contributed by atoms with Gasteiger partial charge in [0.25, 0.3) is 0 Å². The number of sulfonamides is 1. The van der Waals surface area contributed by atoms with Gasteiger partial charge in [0.05, 0.1) is 17.6 Å². The van der Waals surface area contributed by atoms with Gasteiger partial charge in [-0.05, 0) is 30.7 Å². The molecule has 0 bridgehead atoms. The summed E-state index contributed by atoms with van der Waals surface area (Å²) in [6.07, 6.45) is 4.62. The molecule has 2 aromatic carbocycles. The van der Waals surface area contributed by atoms with Gasteiger partial charge in [0.2, 0.25) is 15.9 Å². The standard InChI is InChI=1S/C22H24N4O5S/c1-16-23-9-10-25(16)19-6-4-3-5-17(19)14-24-22(27)15-26(32(2,28)29)18-7-8-20-21(13-18)31-12-11-30-20/h3-10,13H,11-12,14-15H2,1-2H3,(H,24,27). The number of nitrogens with zero attached hydrogens (tertiary/aromatic N) is 3. The van der Waals surface area contributed by atoms with E-state index in [1.54, 1.807) is 24.4 Å². The minimum absolute atomic E-state index is 0.241. The lowest BCUT2D eigenvalue weighted by Crippen LogP contribution is -2.40. The van der Waals surface area contributed by atoms with Crippen molar-refractivity contribution in [3.8, 4) is 17.2 Å². The number of ether oxygens (including phenoxy) is 2. The van der Waals surface area contributed by atoms with E-state index >= 15 is 0 Å². The molecule has 32 heavy (non-hydrogen) atoms. The second-order valence-corrected chi connectivity index (χ2v) is 9.25. The molecule has 1 aliphatic heterocycles. The van der Waals surface area contributed by atoms with E-state index in [0.29, 0.717) is 30.4 Å². The molecule has 168 valence electrons. The number of fused-ring (bicyclic) bond motifs is 1. The van der Waals surface area contributed by atoms with Crippen LogP contribution in [-0.4, -0.2) is 49.9 Å². The summed E-state index contributed by atoms with van der Waals surface area (Å²) in [5, 5.41) is 2.82. The first-order valence-electron chi connectivity index (χ1n) is 10.1. The van der Waals surface area contributed by atoms with Crippen LogP contribution in [0.1, 0.15) is 11.4 Å². The van der Waals surface area contributed by atoms with Crippen molar-refractivity contribution in [1.82, 2.24) is 14.9 Å². The fraction of sp³-hybridized carbons (Fsp3) is 0.273. The summed E-state index contributed by atoms with van der Waals surface area (Å²) in [4.78, 5) is 17.0. The van der Waals surface area contributed by atoms with Gasteiger partial charge >= 0.3 is 0 Å². The zero-order valence-corrected chi connectivity index (χ0v) is 18.6. The largest absolute Gasteiger partial charge is 0.486 e. The zero-order chi connectivity index (χ0) is 22.7. The quantitative estimate of drug-likeness (QED) is 0.584. The molecule has 0 radical (unpaired) electrons. The average Bonchev–Trinajstić information content (AvgIpc) is 3.20. The number of anilines is 1. The highest BCUT2D eigenvalue weighted by atomic mass is 32.2. The van der Waals surface area contributed by atoms with E-state index in [4.69, 9.17) is 9.47 Å². The summed E-state index contributed by atoms with van der Waals surface area (Å²) in [5.74, 6) is 1.39. The molecule has 0 fully saturated rings. The van der Waals surface area contributed by atoms with Gasteiger partial charge in [-0.1, -0.05) is 18.2 Å². The molecule has 3 aromatic rings. The molecule has 1 amide bonds. The Balaban J connectivity index is 1.50. The lowest BCUT2D eigenvalue weighted by Gasteiger charge is -2.25. The number of aryl methyl sites for hydroxylation is 1. The van der Waals surface area contributed by atoms with Gasteiger partial charge in [-0.2, -0.15) is 0 Å². The number of benzene rings is 2. The monoisotopic (exact) mass is 456 g/mol. The number of para-hydroxylation sites is 1. The second-order valence-electron chi connectivity index (χ2n) is 7.35. The van der Waals surface area contributed by atoms with Crippen molar-refractivity contribution in [2.75, 3.05) is 30.3 Å². The Kier molecular flexibility index (Phi) is 6.04. The number of nitrogens with one attached hydrogen (secondary N) is 1. The smallest absolute Gasteiger partial charge is 0.241 e. The normalized spacial score (nSPS) is 12.9.